The fourth-order valence-electron chi connectivity index (χ4n) is 4.82. The Kier molecular flexibility index (Phi) is 5.52. The van der Waals surface area contributed by atoms with E-state index in [1.165, 1.54) is 23.8 Å². The third-order valence-electron chi connectivity index (χ3n) is 6.25. The zero-order valence-corrected chi connectivity index (χ0v) is 16.9. The molecule has 0 radical (unpaired) electrons. The monoisotopic (exact) mass is 374 g/mol. The van der Waals surface area contributed by atoms with Crippen LogP contribution in [0.25, 0.3) is 0 Å². The van der Waals surface area contributed by atoms with Crippen molar-refractivity contribution in [2.75, 3.05) is 21.0 Å². The molecular weight excluding hydrogens is 344 g/mol. The number of rotatable bonds is 5. The summed E-state index contributed by atoms with van der Waals surface area (Å²) in [5.74, 6) is 0.978. The van der Waals surface area contributed by atoms with Gasteiger partial charge in [0.2, 0.25) is 0 Å². The SMILES string of the molecule is COCOc1c(C(C)C)ccc2c1CC[C@H]1C(C(=O)OC)=C(O)CC[C@@]21C. The number of aliphatic hydroxyl groups excluding tert-OH is 1. The summed E-state index contributed by atoms with van der Waals surface area (Å²) >= 11 is 0. The quantitative estimate of drug-likeness (QED) is 0.612. The second kappa shape index (κ2) is 7.55. The molecule has 2 aliphatic rings. The Labute approximate surface area is 161 Å². The number of hydrogen-bond donors (Lipinski definition) is 1. The molecule has 148 valence electrons. The van der Waals surface area contributed by atoms with Crippen LogP contribution >= 0.6 is 0 Å². The van der Waals surface area contributed by atoms with Crippen LogP contribution in [0.3, 0.4) is 0 Å². The summed E-state index contributed by atoms with van der Waals surface area (Å²) < 4.78 is 16.1. The molecule has 5 heteroatoms. The molecule has 3 rings (SSSR count). The van der Waals surface area contributed by atoms with Crippen LogP contribution in [0.15, 0.2) is 23.5 Å². The molecule has 27 heavy (non-hydrogen) atoms. The van der Waals surface area contributed by atoms with Crippen molar-refractivity contribution in [3.63, 3.8) is 0 Å². The van der Waals surface area contributed by atoms with E-state index < -0.39 is 5.97 Å². The summed E-state index contributed by atoms with van der Waals surface area (Å²) in [7, 11) is 3.00. The minimum Gasteiger partial charge on any atom is -0.512 e. The van der Waals surface area contributed by atoms with Gasteiger partial charge in [0.05, 0.1) is 12.7 Å². The molecule has 0 saturated heterocycles. The zero-order chi connectivity index (χ0) is 19.8. The van der Waals surface area contributed by atoms with Gasteiger partial charge in [-0.2, -0.15) is 0 Å². The summed E-state index contributed by atoms with van der Waals surface area (Å²) in [5, 5.41) is 10.4. The first-order valence-electron chi connectivity index (χ1n) is 9.63. The van der Waals surface area contributed by atoms with Gasteiger partial charge >= 0.3 is 5.97 Å². The predicted octanol–water partition coefficient (Wildman–Crippen LogP) is 4.39. The number of benzene rings is 1. The molecule has 1 aromatic carbocycles. The third-order valence-corrected chi connectivity index (χ3v) is 6.25. The summed E-state index contributed by atoms with van der Waals surface area (Å²) in [4.78, 5) is 12.4. The maximum absolute atomic E-state index is 12.4. The molecule has 0 aromatic heterocycles. The van der Waals surface area contributed by atoms with Crippen molar-refractivity contribution in [2.24, 2.45) is 5.92 Å². The second-order valence-corrected chi connectivity index (χ2v) is 8.08. The van der Waals surface area contributed by atoms with Crippen molar-refractivity contribution in [1.29, 1.82) is 0 Å². The van der Waals surface area contributed by atoms with Gasteiger partial charge in [0, 0.05) is 24.9 Å². The van der Waals surface area contributed by atoms with Crippen molar-refractivity contribution >= 4 is 5.97 Å². The number of allylic oxidation sites excluding steroid dienone is 1. The number of ether oxygens (including phenoxy) is 3. The van der Waals surface area contributed by atoms with Gasteiger partial charge in [0.1, 0.15) is 11.5 Å². The molecule has 2 aliphatic carbocycles. The highest BCUT2D eigenvalue weighted by Crippen LogP contribution is 2.54. The molecule has 1 N–H and O–H groups in total. The van der Waals surface area contributed by atoms with Crippen LogP contribution in [0.5, 0.6) is 5.75 Å². The lowest BCUT2D eigenvalue weighted by Gasteiger charge is -2.47. The van der Waals surface area contributed by atoms with Crippen molar-refractivity contribution in [3.8, 4) is 5.75 Å². The molecule has 0 heterocycles. The van der Waals surface area contributed by atoms with E-state index in [4.69, 9.17) is 14.2 Å². The number of methoxy groups -OCH3 is 2. The Bertz CT molecular complexity index is 764. The number of aliphatic hydroxyl groups is 1. The van der Waals surface area contributed by atoms with Crippen LogP contribution in [0.1, 0.15) is 62.6 Å². The summed E-state index contributed by atoms with van der Waals surface area (Å²) in [6, 6.07) is 4.33. The average Bonchev–Trinajstić information content (AvgIpc) is 2.65. The van der Waals surface area contributed by atoms with Crippen molar-refractivity contribution < 1.29 is 24.1 Å². The molecule has 0 spiro atoms. The van der Waals surface area contributed by atoms with Crippen LogP contribution in [-0.2, 0) is 26.1 Å². The zero-order valence-electron chi connectivity index (χ0n) is 16.9. The molecule has 0 fully saturated rings. The first-order chi connectivity index (χ1) is 12.8. The fourth-order valence-corrected chi connectivity index (χ4v) is 4.82. The van der Waals surface area contributed by atoms with Gasteiger partial charge in [0.25, 0.3) is 0 Å². The summed E-state index contributed by atoms with van der Waals surface area (Å²) in [6.07, 6.45) is 2.85. The maximum atomic E-state index is 12.4. The van der Waals surface area contributed by atoms with Crippen LogP contribution < -0.4 is 4.74 Å². The van der Waals surface area contributed by atoms with E-state index in [1.807, 2.05) is 0 Å². The molecular formula is C22H30O5. The van der Waals surface area contributed by atoms with E-state index in [9.17, 15) is 9.90 Å². The lowest BCUT2D eigenvalue weighted by molar-refractivity contribution is -0.137. The number of carbonyl (C=O) groups excluding carboxylic acids is 1. The Morgan fingerprint density at radius 1 is 1.30 bits per heavy atom. The Hall–Kier alpha value is -2.01. The first-order valence-corrected chi connectivity index (χ1v) is 9.63. The molecule has 2 atom stereocenters. The number of fused-ring (bicyclic) bond motifs is 3. The number of hydrogen-bond acceptors (Lipinski definition) is 5. The maximum Gasteiger partial charge on any atom is 0.337 e. The summed E-state index contributed by atoms with van der Waals surface area (Å²) in [5.41, 5.74) is 3.81. The molecule has 0 aliphatic heterocycles. The lowest BCUT2D eigenvalue weighted by Crippen LogP contribution is -2.43. The highest BCUT2D eigenvalue weighted by Gasteiger charge is 2.48. The van der Waals surface area contributed by atoms with Crippen molar-refractivity contribution in [2.45, 2.75) is 57.8 Å². The van der Waals surface area contributed by atoms with Gasteiger partial charge in [-0.1, -0.05) is 32.9 Å². The molecule has 0 unspecified atom stereocenters. The molecule has 5 nitrogen and oxygen atoms in total. The molecule has 0 amide bonds. The van der Waals surface area contributed by atoms with E-state index in [-0.39, 0.29) is 23.9 Å². The second-order valence-electron chi connectivity index (χ2n) is 8.08. The minimum atomic E-state index is -0.415. The number of carbonyl (C=O) groups is 1. The van der Waals surface area contributed by atoms with E-state index in [2.05, 4.69) is 32.9 Å². The van der Waals surface area contributed by atoms with Gasteiger partial charge in [0.15, 0.2) is 6.79 Å². The minimum absolute atomic E-state index is 0.0497. The topological polar surface area (TPSA) is 65.0 Å². The lowest BCUT2D eigenvalue weighted by atomic mass is 9.57. The van der Waals surface area contributed by atoms with Gasteiger partial charge < -0.3 is 19.3 Å². The van der Waals surface area contributed by atoms with Gasteiger partial charge in [-0.3, -0.25) is 0 Å². The van der Waals surface area contributed by atoms with Gasteiger partial charge in [-0.05, 0) is 41.9 Å². The van der Waals surface area contributed by atoms with E-state index in [0.29, 0.717) is 17.9 Å². The molecule has 0 saturated carbocycles. The largest absolute Gasteiger partial charge is 0.512 e. The fraction of sp³-hybridized carbons (Fsp3) is 0.591. The van der Waals surface area contributed by atoms with E-state index in [0.717, 1.165) is 25.0 Å². The summed E-state index contributed by atoms with van der Waals surface area (Å²) in [6.45, 7) is 6.72. The smallest absolute Gasteiger partial charge is 0.337 e. The number of esters is 1. The van der Waals surface area contributed by atoms with Crippen molar-refractivity contribution in [1.82, 2.24) is 0 Å². The standard InChI is InChI=1S/C22H30O5/c1-13(2)14-6-8-16-15(20(14)27-12-25-4)7-9-17-19(21(24)26-5)18(23)10-11-22(16,17)3/h6,8,13,17,23H,7,9-12H2,1-5H3/t17-,22-/m0/s1. The highest BCUT2D eigenvalue weighted by molar-refractivity contribution is 5.90. The van der Waals surface area contributed by atoms with Crippen LogP contribution in [0.2, 0.25) is 0 Å². The van der Waals surface area contributed by atoms with Crippen LogP contribution in [0, 0.1) is 5.92 Å². The van der Waals surface area contributed by atoms with Gasteiger partial charge in [-0.15, -0.1) is 0 Å². The van der Waals surface area contributed by atoms with Gasteiger partial charge in [-0.25, -0.2) is 4.79 Å². The Morgan fingerprint density at radius 3 is 2.67 bits per heavy atom. The normalized spacial score (nSPS) is 24.4. The van der Waals surface area contributed by atoms with Crippen LogP contribution in [0.4, 0.5) is 0 Å². The first kappa shape index (κ1) is 19.7. The van der Waals surface area contributed by atoms with E-state index in [1.54, 1.807) is 7.11 Å². The predicted molar refractivity (Wildman–Crippen MR) is 103 cm³/mol. The van der Waals surface area contributed by atoms with Crippen LogP contribution in [-0.4, -0.2) is 32.1 Å². The Morgan fingerprint density at radius 2 is 2.04 bits per heavy atom. The Balaban J connectivity index is 2.12. The molecule has 0 bridgehead atoms. The third kappa shape index (κ3) is 3.22. The highest BCUT2D eigenvalue weighted by atomic mass is 16.7. The van der Waals surface area contributed by atoms with E-state index >= 15 is 0 Å². The average molecular weight is 374 g/mol. The van der Waals surface area contributed by atoms with Crippen molar-refractivity contribution in [3.05, 3.63) is 40.2 Å². The molecule has 1 aromatic rings.